The minimum Gasteiger partial charge on any atom is -0.304 e. The first-order valence-corrected chi connectivity index (χ1v) is 9.68. The second-order valence-corrected chi connectivity index (χ2v) is 7.20. The lowest BCUT2D eigenvalue weighted by atomic mass is 9.98. The molecule has 4 rings (SSSR count). The van der Waals surface area contributed by atoms with Crippen LogP contribution in [0.2, 0.25) is 0 Å². The van der Waals surface area contributed by atoms with Gasteiger partial charge >= 0.3 is 0 Å². The van der Waals surface area contributed by atoms with Crippen molar-refractivity contribution in [3.05, 3.63) is 113 Å². The third-order valence-electron chi connectivity index (χ3n) is 5.18. The van der Waals surface area contributed by atoms with E-state index in [-0.39, 0.29) is 23.7 Å². The zero-order chi connectivity index (χ0) is 21.1. The molecule has 0 saturated carbocycles. The van der Waals surface area contributed by atoms with Crippen molar-refractivity contribution in [3.8, 4) is 0 Å². The third-order valence-corrected chi connectivity index (χ3v) is 5.18. The molecule has 1 heterocycles. The Labute approximate surface area is 175 Å². The van der Waals surface area contributed by atoms with Gasteiger partial charge in [-0.2, -0.15) is 0 Å². The van der Waals surface area contributed by atoms with Crippen molar-refractivity contribution in [3.63, 3.8) is 0 Å². The standard InChI is InChI=1S/C26H20N2O2/c1-2-25(29)19-10-6-9-18(11-19)23(27)15-26(30)22-13-21-12-20(14-24(21)28-16-22)17-7-4-3-5-8-17/h2-13,16,27H,1,14-15H2. The first kappa shape index (κ1) is 19.4. The van der Waals surface area contributed by atoms with Gasteiger partial charge < -0.3 is 5.41 Å². The molecule has 0 unspecified atom stereocenters. The second kappa shape index (κ2) is 8.21. The number of ketones is 2. The summed E-state index contributed by atoms with van der Waals surface area (Å²) in [6, 6.07) is 18.7. The van der Waals surface area contributed by atoms with E-state index in [2.05, 4.69) is 29.8 Å². The average Bonchev–Trinajstić information content (AvgIpc) is 3.22. The molecular formula is C26H20N2O2. The molecule has 0 saturated heterocycles. The molecule has 1 aliphatic carbocycles. The van der Waals surface area contributed by atoms with Gasteiger partial charge in [-0.25, -0.2) is 0 Å². The van der Waals surface area contributed by atoms with Gasteiger partial charge in [-0.15, -0.1) is 0 Å². The highest BCUT2D eigenvalue weighted by molar-refractivity contribution is 6.15. The molecule has 0 radical (unpaired) electrons. The molecule has 1 aromatic heterocycles. The highest BCUT2D eigenvalue weighted by Crippen LogP contribution is 2.30. The molecule has 2 aromatic carbocycles. The fraction of sp³-hybridized carbons (Fsp3) is 0.0769. The highest BCUT2D eigenvalue weighted by atomic mass is 16.1. The summed E-state index contributed by atoms with van der Waals surface area (Å²) < 4.78 is 0. The summed E-state index contributed by atoms with van der Waals surface area (Å²) in [4.78, 5) is 29.1. The number of hydrogen-bond donors (Lipinski definition) is 1. The van der Waals surface area contributed by atoms with Crippen molar-refractivity contribution in [1.29, 1.82) is 5.41 Å². The van der Waals surface area contributed by atoms with Crippen LogP contribution in [0.15, 0.2) is 79.5 Å². The first-order valence-electron chi connectivity index (χ1n) is 9.68. The highest BCUT2D eigenvalue weighted by Gasteiger charge is 2.19. The van der Waals surface area contributed by atoms with Gasteiger partial charge in [0.1, 0.15) is 0 Å². The summed E-state index contributed by atoms with van der Waals surface area (Å²) in [7, 11) is 0. The predicted octanol–water partition coefficient (Wildman–Crippen LogP) is 5.19. The molecule has 0 aliphatic heterocycles. The monoisotopic (exact) mass is 392 g/mol. The lowest BCUT2D eigenvalue weighted by molar-refractivity contribution is 0.0999. The van der Waals surface area contributed by atoms with Gasteiger partial charge in [-0.05, 0) is 46.5 Å². The number of nitrogens with zero attached hydrogens (tertiary/aromatic N) is 1. The fourth-order valence-electron chi connectivity index (χ4n) is 3.53. The van der Waals surface area contributed by atoms with Crippen LogP contribution < -0.4 is 0 Å². The Balaban J connectivity index is 1.52. The van der Waals surface area contributed by atoms with E-state index in [1.54, 1.807) is 30.5 Å². The maximum Gasteiger partial charge on any atom is 0.185 e. The van der Waals surface area contributed by atoms with Gasteiger partial charge in [0, 0.05) is 29.5 Å². The predicted molar refractivity (Wildman–Crippen MR) is 119 cm³/mol. The van der Waals surface area contributed by atoms with E-state index in [1.807, 2.05) is 24.3 Å². The van der Waals surface area contributed by atoms with Gasteiger partial charge in [-0.1, -0.05) is 55.1 Å². The summed E-state index contributed by atoms with van der Waals surface area (Å²) in [6.07, 6.45) is 5.59. The molecule has 146 valence electrons. The number of pyridine rings is 1. The summed E-state index contributed by atoms with van der Waals surface area (Å²) in [5.41, 5.74) is 5.90. The van der Waals surface area contributed by atoms with E-state index in [0.29, 0.717) is 16.7 Å². The fourth-order valence-corrected chi connectivity index (χ4v) is 3.53. The Morgan fingerprint density at radius 3 is 2.53 bits per heavy atom. The summed E-state index contributed by atoms with van der Waals surface area (Å²) in [5.74, 6) is -0.378. The minimum absolute atomic E-state index is 0.0541. The van der Waals surface area contributed by atoms with Crippen LogP contribution in [-0.2, 0) is 6.42 Å². The average molecular weight is 392 g/mol. The van der Waals surface area contributed by atoms with E-state index in [4.69, 9.17) is 5.41 Å². The van der Waals surface area contributed by atoms with Crippen LogP contribution in [0.3, 0.4) is 0 Å². The first-order chi connectivity index (χ1) is 14.5. The molecule has 3 aromatic rings. The SMILES string of the molecule is C=CC(=O)c1cccc(C(=N)CC(=O)c2cnc3c(c2)C=C(c2ccccc2)C3)c1. The molecule has 30 heavy (non-hydrogen) atoms. The Bertz CT molecular complexity index is 1210. The smallest absolute Gasteiger partial charge is 0.185 e. The van der Waals surface area contributed by atoms with E-state index in [1.165, 1.54) is 11.6 Å². The quantitative estimate of drug-likeness (QED) is 0.342. The van der Waals surface area contributed by atoms with Crippen molar-refractivity contribution in [2.45, 2.75) is 12.8 Å². The number of nitrogens with one attached hydrogen (secondary N) is 1. The van der Waals surface area contributed by atoms with E-state index in [9.17, 15) is 9.59 Å². The van der Waals surface area contributed by atoms with E-state index >= 15 is 0 Å². The van der Waals surface area contributed by atoms with Crippen LogP contribution in [0.4, 0.5) is 0 Å². The topological polar surface area (TPSA) is 70.9 Å². The van der Waals surface area contributed by atoms with Gasteiger partial charge in [0.2, 0.25) is 0 Å². The molecule has 0 bridgehead atoms. The summed E-state index contributed by atoms with van der Waals surface area (Å²) in [5, 5.41) is 8.31. The van der Waals surface area contributed by atoms with Gasteiger partial charge in [0.25, 0.3) is 0 Å². The Morgan fingerprint density at radius 1 is 1.00 bits per heavy atom. The minimum atomic E-state index is -0.209. The van der Waals surface area contributed by atoms with Crippen LogP contribution >= 0.6 is 0 Å². The van der Waals surface area contributed by atoms with Crippen molar-refractivity contribution >= 4 is 28.9 Å². The maximum absolute atomic E-state index is 12.8. The summed E-state index contributed by atoms with van der Waals surface area (Å²) >= 11 is 0. The van der Waals surface area contributed by atoms with Crippen LogP contribution in [0.5, 0.6) is 0 Å². The Kier molecular flexibility index (Phi) is 5.31. The van der Waals surface area contributed by atoms with E-state index < -0.39 is 0 Å². The molecule has 0 amide bonds. The summed E-state index contributed by atoms with van der Waals surface area (Å²) in [6.45, 7) is 3.48. The zero-order valence-corrected chi connectivity index (χ0v) is 16.4. The number of aromatic nitrogens is 1. The van der Waals surface area contributed by atoms with Gasteiger partial charge in [0.05, 0.1) is 12.1 Å². The largest absolute Gasteiger partial charge is 0.304 e. The zero-order valence-electron chi connectivity index (χ0n) is 16.4. The molecule has 0 fully saturated rings. The van der Waals surface area contributed by atoms with E-state index in [0.717, 1.165) is 23.2 Å². The molecule has 4 heteroatoms. The number of rotatable bonds is 7. The molecule has 0 spiro atoms. The lowest BCUT2D eigenvalue weighted by Gasteiger charge is -2.07. The Morgan fingerprint density at radius 2 is 1.77 bits per heavy atom. The van der Waals surface area contributed by atoms with Crippen molar-refractivity contribution in [2.75, 3.05) is 0 Å². The molecule has 1 N–H and O–H groups in total. The number of hydrogen-bond acceptors (Lipinski definition) is 4. The van der Waals surface area contributed by atoms with Crippen LogP contribution in [0, 0.1) is 5.41 Å². The number of carbonyl (C=O) groups is 2. The van der Waals surface area contributed by atoms with Crippen molar-refractivity contribution in [2.24, 2.45) is 0 Å². The van der Waals surface area contributed by atoms with Gasteiger partial charge in [0.15, 0.2) is 11.6 Å². The normalized spacial score (nSPS) is 12.1. The lowest BCUT2D eigenvalue weighted by Crippen LogP contribution is -2.10. The second-order valence-electron chi connectivity index (χ2n) is 7.20. The number of fused-ring (bicyclic) bond motifs is 1. The molecule has 0 atom stereocenters. The van der Waals surface area contributed by atoms with Crippen LogP contribution in [0.1, 0.15) is 49.5 Å². The Hall–Kier alpha value is -3.92. The number of Topliss-reactive ketones (excluding diaryl/α,β-unsaturated/α-hetero) is 1. The van der Waals surface area contributed by atoms with Gasteiger partial charge in [-0.3, -0.25) is 14.6 Å². The van der Waals surface area contributed by atoms with Crippen molar-refractivity contribution < 1.29 is 9.59 Å². The third kappa shape index (κ3) is 3.94. The maximum atomic E-state index is 12.8. The number of carbonyl (C=O) groups excluding carboxylic acids is 2. The molecular weight excluding hydrogens is 372 g/mol. The van der Waals surface area contributed by atoms with Crippen molar-refractivity contribution in [1.82, 2.24) is 4.98 Å². The number of allylic oxidation sites excluding steroid dienone is 2. The number of benzene rings is 2. The van der Waals surface area contributed by atoms with Crippen LogP contribution in [-0.4, -0.2) is 22.3 Å². The molecule has 4 nitrogen and oxygen atoms in total. The molecule has 1 aliphatic rings. The van der Waals surface area contributed by atoms with Crippen LogP contribution in [0.25, 0.3) is 11.6 Å².